The number of rotatable bonds is 4. The maximum atomic E-state index is 12.0. The Morgan fingerprint density at radius 1 is 0.955 bits per heavy atom. The van der Waals surface area contributed by atoms with Gasteiger partial charge in [-0.3, -0.25) is 0 Å². The molecular weight excluding hydrogens is 294 g/mol. The quantitative estimate of drug-likeness (QED) is 0.615. The summed E-state index contributed by atoms with van der Waals surface area (Å²) in [7, 11) is 0. The van der Waals surface area contributed by atoms with Crippen LogP contribution in [0.3, 0.4) is 0 Å². The lowest BCUT2D eigenvalue weighted by atomic mass is 10.2. The molecule has 114 valence electrons. The fourth-order valence-corrected chi connectivity index (χ4v) is 2.16. The van der Waals surface area contributed by atoms with Gasteiger partial charge in [-0.1, -0.05) is 24.8 Å². The van der Waals surface area contributed by atoms with Crippen molar-refractivity contribution >= 4 is 35.7 Å². The van der Waals surface area contributed by atoms with E-state index in [1.54, 1.807) is 0 Å². The summed E-state index contributed by atoms with van der Waals surface area (Å²) in [5, 5.41) is 9.27. The molecule has 0 saturated heterocycles. The van der Waals surface area contributed by atoms with Crippen molar-refractivity contribution in [3.8, 4) is 0 Å². The van der Waals surface area contributed by atoms with Gasteiger partial charge in [-0.15, -0.1) is 12.6 Å². The average Bonchev–Trinajstić information content (AvgIpc) is 2.44. The van der Waals surface area contributed by atoms with Crippen molar-refractivity contribution in [3.63, 3.8) is 0 Å². The van der Waals surface area contributed by atoms with Crippen molar-refractivity contribution in [2.24, 2.45) is 0 Å². The summed E-state index contributed by atoms with van der Waals surface area (Å²) in [4.78, 5) is 12.0. The number of carbonyl (C=O) groups is 1. The molecule has 2 aromatic carbocycles. The number of hydrogen-bond donors (Lipinski definition) is 4. The summed E-state index contributed by atoms with van der Waals surface area (Å²) >= 11 is 4.12. The van der Waals surface area contributed by atoms with Crippen LogP contribution in [0.1, 0.15) is 11.1 Å². The van der Waals surface area contributed by atoms with Crippen molar-refractivity contribution in [2.45, 2.75) is 13.8 Å². The number of carbonyl (C=O) groups excluding carboxylic acids is 1. The Kier molecular flexibility index (Phi) is 5.12. The number of para-hydroxylation sites is 1. The van der Waals surface area contributed by atoms with Gasteiger partial charge in [0.15, 0.2) is 0 Å². The number of urea groups is 1. The fourth-order valence-electron chi connectivity index (χ4n) is 2.03. The Morgan fingerprint density at radius 2 is 1.64 bits per heavy atom. The Morgan fingerprint density at radius 3 is 2.27 bits per heavy atom. The third-order valence-electron chi connectivity index (χ3n) is 3.16. The zero-order chi connectivity index (χ0) is 16.1. The van der Waals surface area contributed by atoms with E-state index in [4.69, 9.17) is 0 Å². The van der Waals surface area contributed by atoms with E-state index in [9.17, 15) is 4.79 Å². The molecule has 0 fully saturated rings. The van der Waals surface area contributed by atoms with Crippen molar-refractivity contribution < 1.29 is 4.79 Å². The second-order valence-electron chi connectivity index (χ2n) is 5.00. The normalized spacial score (nSPS) is 9.95. The van der Waals surface area contributed by atoms with Gasteiger partial charge in [0.25, 0.3) is 0 Å². The van der Waals surface area contributed by atoms with E-state index in [1.807, 2.05) is 56.3 Å². The van der Waals surface area contributed by atoms with Crippen molar-refractivity contribution in [1.82, 2.24) is 0 Å². The molecule has 0 aliphatic rings. The van der Waals surface area contributed by atoms with Gasteiger partial charge in [0.05, 0.1) is 5.03 Å². The molecule has 0 bridgehead atoms. The van der Waals surface area contributed by atoms with Gasteiger partial charge in [0.1, 0.15) is 0 Å². The van der Waals surface area contributed by atoms with Crippen LogP contribution in [0.25, 0.3) is 0 Å². The average molecular weight is 313 g/mol. The molecule has 0 saturated carbocycles. The van der Waals surface area contributed by atoms with Crippen LogP contribution < -0.4 is 16.0 Å². The van der Waals surface area contributed by atoms with Crippen LogP contribution in [0.5, 0.6) is 0 Å². The predicted octanol–water partition coefficient (Wildman–Crippen LogP) is 4.76. The summed E-state index contributed by atoms with van der Waals surface area (Å²) in [5.41, 5.74) is 4.43. The minimum Gasteiger partial charge on any atom is -0.351 e. The molecule has 2 rings (SSSR count). The van der Waals surface area contributed by atoms with Gasteiger partial charge in [-0.05, 0) is 49.2 Å². The van der Waals surface area contributed by atoms with Gasteiger partial charge in [-0.2, -0.15) is 0 Å². The highest BCUT2D eigenvalue weighted by atomic mass is 32.1. The molecule has 4 nitrogen and oxygen atoms in total. The van der Waals surface area contributed by atoms with Gasteiger partial charge in [0, 0.05) is 17.1 Å². The third kappa shape index (κ3) is 4.30. The number of aryl methyl sites for hydroxylation is 2. The van der Waals surface area contributed by atoms with Crippen LogP contribution >= 0.6 is 12.6 Å². The fraction of sp³-hybridized carbons (Fsp3) is 0.118. The second kappa shape index (κ2) is 7.04. The summed E-state index contributed by atoms with van der Waals surface area (Å²) < 4.78 is 0. The number of amides is 2. The maximum Gasteiger partial charge on any atom is 0.323 e. The molecule has 0 aliphatic heterocycles. The van der Waals surface area contributed by atoms with Crippen LogP contribution in [-0.4, -0.2) is 6.03 Å². The van der Waals surface area contributed by atoms with Crippen LogP contribution in [0.2, 0.25) is 0 Å². The highest BCUT2D eigenvalue weighted by molar-refractivity contribution is 7.84. The van der Waals surface area contributed by atoms with Gasteiger partial charge >= 0.3 is 6.03 Å². The molecule has 2 amide bonds. The monoisotopic (exact) mass is 313 g/mol. The maximum absolute atomic E-state index is 12.0. The van der Waals surface area contributed by atoms with Gasteiger partial charge < -0.3 is 16.0 Å². The Hall–Kier alpha value is -2.40. The van der Waals surface area contributed by atoms with Crippen LogP contribution in [0.4, 0.5) is 21.9 Å². The van der Waals surface area contributed by atoms with Crippen molar-refractivity contribution in [2.75, 3.05) is 16.0 Å². The van der Waals surface area contributed by atoms with Crippen molar-refractivity contribution in [3.05, 3.63) is 65.2 Å². The molecule has 0 heterocycles. The molecule has 5 heteroatoms. The van der Waals surface area contributed by atoms with E-state index in [0.29, 0.717) is 5.03 Å². The molecule has 0 atom stereocenters. The first kappa shape index (κ1) is 16.0. The zero-order valence-electron chi connectivity index (χ0n) is 12.6. The molecule has 2 aromatic rings. The predicted molar refractivity (Wildman–Crippen MR) is 96.7 cm³/mol. The molecule has 0 radical (unpaired) electrons. The van der Waals surface area contributed by atoms with E-state index in [-0.39, 0.29) is 6.03 Å². The van der Waals surface area contributed by atoms with Gasteiger partial charge in [0.2, 0.25) is 0 Å². The smallest absolute Gasteiger partial charge is 0.323 e. The Balaban J connectivity index is 2.04. The lowest BCUT2D eigenvalue weighted by Crippen LogP contribution is -2.20. The first-order chi connectivity index (χ1) is 10.5. The lowest BCUT2D eigenvalue weighted by molar-refractivity contribution is 0.262. The molecule has 0 unspecified atom stereocenters. The number of benzene rings is 2. The molecule has 3 N–H and O–H groups in total. The van der Waals surface area contributed by atoms with E-state index < -0.39 is 0 Å². The minimum absolute atomic E-state index is 0.270. The Labute approximate surface area is 136 Å². The molecule has 0 aliphatic carbocycles. The standard InChI is InChI=1S/C17H19N3OS/c1-11-6-4-5-7-15(11)20-17(21)19-14-8-9-16(12(2)10-14)18-13(3)22/h4-10,18,22H,3H2,1-2H3,(H2,19,20,21). The van der Waals surface area contributed by atoms with E-state index in [0.717, 1.165) is 28.2 Å². The van der Waals surface area contributed by atoms with E-state index >= 15 is 0 Å². The zero-order valence-corrected chi connectivity index (χ0v) is 13.5. The molecule has 0 spiro atoms. The number of nitrogens with one attached hydrogen (secondary N) is 3. The third-order valence-corrected chi connectivity index (χ3v) is 3.27. The lowest BCUT2D eigenvalue weighted by Gasteiger charge is -2.12. The molecular formula is C17H19N3OS. The van der Waals surface area contributed by atoms with Gasteiger partial charge in [-0.25, -0.2) is 4.79 Å². The summed E-state index contributed by atoms with van der Waals surface area (Å²) in [6.45, 7) is 7.59. The summed E-state index contributed by atoms with van der Waals surface area (Å²) in [5.74, 6) is 0. The van der Waals surface area contributed by atoms with E-state index in [2.05, 4.69) is 35.2 Å². The Bertz CT molecular complexity index is 713. The first-order valence-electron chi connectivity index (χ1n) is 6.85. The SMILES string of the molecule is C=C(S)Nc1ccc(NC(=O)Nc2ccccc2C)cc1C. The second-order valence-corrected chi connectivity index (χ2v) is 5.54. The summed E-state index contributed by atoms with van der Waals surface area (Å²) in [6.07, 6.45) is 0. The topological polar surface area (TPSA) is 53.2 Å². The highest BCUT2D eigenvalue weighted by Crippen LogP contribution is 2.22. The first-order valence-corrected chi connectivity index (χ1v) is 7.29. The number of hydrogen-bond acceptors (Lipinski definition) is 3. The highest BCUT2D eigenvalue weighted by Gasteiger charge is 2.06. The van der Waals surface area contributed by atoms with Crippen LogP contribution in [0.15, 0.2) is 54.1 Å². The van der Waals surface area contributed by atoms with Crippen LogP contribution in [0, 0.1) is 13.8 Å². The van der Waals surface area contributed by atoms with E-state index in [1.165, 1.54) is 0 Å². The largest absolute Gasteiger partial charge is 0.351 e. The summed E-state index contributed by atoms with van der Waals surface area (Å²) in [6, 6.07) is 12.9. The van der Waals surface area contributed by atoms with Crippen LogP contribution in [-0.2, 0) is 0 Å². The molecule has 0 aromatic heterocycles. The van der Waals surface area contributed by atoms with Crippen molar-refractivity contribution in [1.29, 1.82) is 0 Å². The minimum atomic E-state index is -0.270. The molecule has 22 heavy (non-hydrogen) atoms. The number of thiol groups is 1. The number of anilines is 3.